The van der Waals surface area contributed by atoms with Crippen LogP contribution in [0.3, 0.4) is 0 Å². The van der Waals surface area contributed by atoms with Crippen LogP contribution in [-0.4, -0.2) is 30.7 Å². The van der Waals surface area contributed by atoms with Crippen molar-refractivity contribution in [1.82, 2.24) is 4.98 Å². The van der Waals surface area contributed by atoms with Gasteiger partial charge in [-0.1, -0.05) is 29.8 Å². The molecule has 31 heavy (non-hydrogen) atoms. The number of carbonyl (C=O) groups is 1. The van der Waals surface area contributed by atoms with Crippen LogP contribution in [0.15, 0.2) is 36.4 Å². The fourth-order valence-electron chi connectivity index (χ4n) is 3.12. The fraction of sp³-hybridized carbons (Fsp3) is 0.333. The summed E-state index contributed by atoms with van der Waals surface area (Å²) in [7, 11) is 0. The Kier molecular flexibility index (Phi) is 7.52. The second-order valence-electron chi connectivity index (χ2n) is 6.84. The van der Waals surface area contributed by atoms with Gasteiger partial charge >= 0.3 is 0 Å². The molecular weight excluding hydrogens is 412 g/mol. The van der Waals surface area contributed by atoms with Crippen molar-refractivity contribution in [2.24, 2.45) is 0 Å². The van der Waals surface area contributed by atoms with Crippen LogP contribution in [0.2, 0.25) is 0 Å². The first-order chi connectivity index (χ1) is 15.0. The number of aryl methyl sites for hydroxylation is 2. The van der Waals surface area contributed by atoms with E-state index in [1.165, 1.54) is 16.9 Å². The minimum atomic E-state index is -0.283. The maximum Gasteiger partial charge on any atom is 0.257 e. The van der Waals surface area contributed by atoms with E-state index in [1.54, 1.807) is 12.1 Å². The lowest BCUT2D eigenvalue weighted by molar-refractivity contribution is 0.102. The zero-order chi connectivity index (χ0) is 22.4. The Balaban J connectivity index is 1.89. The maximum atomic E-state index is 13.0. The molecule has 1 N–H and O–H groups in total. The van der Waals surface area contributed by atoms with Crippen LogP contribution in [0.4, 0.5) is 5.13 Å². The third-order valence-electron chi connectivity index (χ3n) is 4.51. The van der Waals surface area contributed by atoms with Crippen LogP contribution in [-0.2, 0) is 0 Å². The number of amides is 1. The standard InChI is InChI=1S/C24H28N2O4S/c1-6-28-19-13-18(14-20(29-7-2)22(19)30-8-3)23(27)26-24-25-21(16(5)31-24)17-11-9-15(4)10-12-17/h9-14H,6-8H2,1-5H3,(H,25,26,27). The van der Waals surface area contributed by atoms with Gasteiger partial charge in [0.05, 0.1) is 25.5 Å². The van der Waals surface area contributed by atoms with E-state index in [-0.39, 0.29) is 5.91 Å². The van der Waals surface area contributed by atoms with Gasteiger partial charge in [0.1, 0.15) is 0 Å². The van der Waals surface area contributed by atoms with Crippen LogP contribution in [0.1, 0.15) is 41.6 Å². The number of nitrogens with zero attached hydrogens (tertiary/aromatic N) is 1. The summed E-state index contributed by atoms with van der Waals surface area (Å²) in [5, 5.41) is 3.45. The van der Waals surface area contributed by atoms with Crippen LogP contribution in [0.5, 0.6) is 17.2 Å². The average molecular weight is 441 g/mol. The summed E-state index contributed by atoms with van der Waals surface area (Å²) in [6.07, 6.45) is 0. The van der Waals surface area contributed by atoms with E-state index in [2.05, 4.69) is 22.4 Å². The lowest BCUT2D eigenvalue weighted by Gasteiger charge is -2.16. The number of ether oxygens (including phenoxy) is 3. The largest absolute Gasteiger partial charge is 0.490 e. The summed E-state index contributed by atoms with van der Waals surface area (Å²) in [5.74, 6) is 1.19. The molecule has 1 aromatic heterocycles. The zero-order valence-corrected chi connectivity index (χ0v) is 19.4. The van der Waals surface area contributed by atoms with Crippen molar-refractivity contribution < 1.29 is 19.0 Å². The molecule has 6 nitrogen and oxygen atoms in total. The molecule has 3 rings (SSSR count). The SMILES string of the molecule is CCOc1cc(C(=O)Nc2nc(-c3ccc(C)cc3)c(C)s2)cc(OCC)c1OCC. The molecule has 0 aliphatic rings. The number of aromatic nitrogens is 1. The maximum absolute atomic E-state index is 13.0. The van der Waals surface area contributed by atoms with Crippen molar-refractivity contribution in [2.45, 2.75) is 34.6 Å². The lowest BCUT2D eigenvalue weighted by atomic mass is 10.1. The van der Waals surface area contributed by atoms with Gasteiger partial charge in [-0.3, -0.25) is 10.1 Å². The number of hydrogen-bond donors (Lipinski definition) is 1. The second-order valence-corrected chi connectivity index (χ2v) is 8.05. The van der Waals surface area contributed by atoms with E-state index >= 15 is 0 Å². The van der Waals surface area contributed by atoms with Crippen LogP contribution >= 0.6 is 11.3 Å². The first-order valence-electron chi connectivity index (χ1n) is 10.4. The highest BCUT2D eigenvalue weighted by Crippen LogP contribution is 2.39. The number of nitrogens with one attached hydrogen (secondary N) is 1. The predicted octanol–water partition coefficient (Wildman–Crippen LogP) is 5.88. The Bertz CT molecular complexity index is 1020. The minimum absolute atomic E-state index is 0.283. The summed E-state index contributed by atoms with van der Waals surface area (Å²) in [5.41, 5.74) is 3.51. The molecule has 3 aromatic rings. The molecule has 1 heterocycles. The van der Waals surface area contributed by atoms with Gasteiger partial charge in [-0.15, -0.1) is 11.3 Å². The number of rotatable bonds is 9. The normalized spacial score (nSPS) is 10.6. The van der Waals surface area contributed by atoms with E-state index in [0.29, 0.717) is 47.8 Å². The molecule has 0 fully saturated rings. The van der Waals surface area contributed by atoms with Gasteiger partial charge in [0.15, 0.2) is 16.6 Å². The van der Waals surface area contributed by atoms with Gasteiger partial charge in [0, 0.05) is 16.0 Å². The Morgan fingerprint density at radius 2 is 1.52 bits per heavy atom. The quantitative estimate of drug-likeness (QED) is 0.450. The first kappa shape index (κ1) is 22.6. The highest BCUT2D eigenvalue weighted by atomic mass is 32.1. The third kappa shape index (κ3) is 5.35. The number of benzene rings is 2. The Morgan fingerprint density at radius 1 is 0.935 bits per heavy atom. The summed E-state index contributed by atoms with van der Waals surface area (Å²) < 4.78 is 17.1. The Hall–Kier alpha value is -3.06. The molecule has 0 saturated heterocycles. The predicted molar refractivity (Wildman–Crippen MR) is 125 cm³/mol. The molecule has 0 unspecified atom stereocenters. The van der Waals surface area contributed by atoms with Crippen LogP contribution < -0.4 is 19.5 Å². The molecule has 0 spiro atoms. The smallest absolute Gasteiger partial charge is 0.257 e. The van der Waals surface area contributed by atoms with Gasteiger partial charge in [-0.25, -0.2) is 4.98 Å². The van der Waals surface area contributed by atoms with E-state index in [9.17, 15) is 4.79 Å². The first-order valence-corrected chi connectivity index (χ1v) is 11.2. The van der Waals surface area contributed by atoms with Crippen molar-refractivity contribution in [3.8, 4) is 28.5 Å². The summed E-state index contributed by atoms with van der Waals surface area (Å²) in [4.78, 5) is 18.7. The number of carbonyl (C=O) groups excluding carboxylic acids is 1. The van der Waals surface area contributed by atoms with Crippen molar-refractivity contribution in [2.75, 3.05) is 25.1 Å². The molecule has 0 atom stereocenters. The van der Waals surface area contributed by atoms with Crippen molar-refractivity contribution >= 4 is 22.4 Å². The number of anilines is 1. The molecule has 0 aliphatic heterocycles. The third-order valence-corrected chi connectivity index (χ3v) is 5.40. The molecule has 0 bridgehead atoms. The molecule has 0 aliphatic carbocycles. The minimum Gasteiger partial charge on any atom is -0.490 e. The van der Waals surface area contributed by atoms with Crippen molar-refractivity contribution in [3.63, 3.8) is 0 Å². The second kappa shape index (κ2) is 10.3. The van der Waals surface area contributed by atoms with Gasteiger partial charge in [0.2, 0.25) is 5.75 Å². The molecule has 0 radical (unpaired) electrons. The highest BCUT2D eigenvalue weighted by molar-refractivity contribution is 7.16. The summed E-state index contributed by atoms with van der Waals surface area (Å²) in [6, 6.07) is 11.5. The van der Waals surface area contributed by atoms with Crippen molar-refractivity contribution in [1.29, 1.82) is 0 Å². The monoisotopic (exact) mass is 440 g/mol. The van der Waals surface area contributed by atoms with Gasteiger partial charge in [-0.05, 0) is 46.8 Å². The Morgan fingerprint density at radius 3 is 2.06 bits per heavy atom. The zero-order valence-electron chi connectivity index (χ0n) is 18.6. The summed E-state index contributed by atoms with van der Waals surface area (Å²) in [6.45, 7) is 11.1. The molecule has 164 valence electrons. The van der Waals surface area contributed by atoms with E-state index in [0.717, 1.165) is 16.1 Å². The average Bonchev–Trinajstić information content (AvgIpc) is 3.11. The number of thiazole rings is 1. The van der Waals surface area contributed by atoms with E-state index < -0.39 is 0 Å². The van der Waals surface area contributed by atoms with Gasteiger partial charge in [0.25, 0.3) is 5.91 Å². The van der Waals surface area contributed by atoms with Crippen LogP contribution in [0, 0.1) is 13.8 Å². The van der Waals surface area contributed by atoms with Gasteiger partial charge in [-0.2, -0.15) is 0 Å². The topological polar surface area (TPSA) is 69.7 Å². The lowest BCUT2D eigenvalue weighted by Crippen LogP contribution is -2.13. The van der Waals surface area contributed by atoms with Crippen molar-refractivity contribution in [3.05, 3.63) is 52.4 Å². The van der Waals surface area contributed by atoms with E-state index in [1.807, 2.05) is 46.8 Å². The number of hydrogen-bond acceptors (Lipinski definition) is 6. The summed E-state index contributed by atoms with van der Waals surface area (Å²) >= 11 is 1.45. The molecule has 1 amide bonds. The molecule has 0 saturated carbocycles. The molecular formula is C24H28N2O4S. The fourth-order valence-corrected chi connectivity index (χ4v) is 3.95. The van der Waals surface area contributed by atoms with Gasteiger partial charge < -0.3 is 14.2 Å². The molecule has 2 aromatic carbocycles. The Labute approximate surface area is 187 Å². The van der Waals surface area contributed by atoms with Crippen LogP contribution in [0.25, 0.3) is 11.3 Å². The van der Waals surface area contributed by atoms with E-state index in [4.69, 9.17) is 14.2 Å². The highest BCUT2D eigenvalue weighted by Gasteiger charge is 2.20. The molecule has 7 heteroatoms.